The largest absolute Gasteiger partial charge is 0.393 e. The summed E-state index contributed by atoms with van der Waals surface area (Å²) in [6.45, 7) is 0.614. The van der Waals surface area contributed by atoms with Gasteiger partial charge >= 0.3 is 0 Å². The average molecular weight is 226 g/mol. The van der Waals surface area contributed by atoms with Gasteiger partial charge in [0, 0.05) is 18.5 Å². The fourth-order valence-electron chi connectivity index (χ4n) is 2.93. The molecule has 0 spiro atoms. The Balaban J connectivity index is 1.75. The molecule has 4 atom stereocenters. The van der Waals surface area contributed by atoms with Gasteiger partial charge in [0.05, 0.1) is 12.0 Å². The van der Waals surface area contributed by atoms with Crippen molar-refractivity contribution in [3.05, 3.63) is 0 Å². The monoisotopic (exact) mass is 226 g/mol. The number of nitrogens with two attached hydrogens (primary N) is 1. The second kappa shape index (κ2) is 5.15. The van der Waals surface area contributed by atoms with Gasteiger partial charge in [0.25, 0.3) is 0 Å². The molecular weight excluding hydrogens is 204 g/mol. The van der Waals surface area contributed by atoms with E-state index in [1.807, 2.05) is 0 Å². The highest BCUT2D eigenvalue weighted by molar-refractivity contribution is 5.79. The molecule has 0 heterocycles. The Labute approximate surface area is 96.6 Å². The first-order valence-electron chi connectivity index (χ1n) is 6.40. The molecule has 0 saturated heterocycles. The molecular formula is C12H22N2O2. The van der Waals surface area contributed by atoms with Crippen LogP contribution in [0.5, 0.6) is 0 Å². The maximum Gasteiger partial charge on any atom is 0.224 e. The van der Waals surface area contributed by atoms with E-state index >= 15 is 0 Å². The summed E-state index contributed by atoms with van der Waals surface area (Å²) < 4.78 is 0. The van der Waals surface area contributed by atoms with Crippen molar-refractivity contribution >= 4 is 5.91 Å². The Morgan fingerprint density at radius 1 is 1.25 bits per heavy atom. The molecule has 1 amide bonds. The Morgan fingerprint density at radius 3 is 2.56 bits per heavy atom. The molecule has 2 aliphatic carbocycles. The molecule has 16 heavy (non-hydrogen) atoms. The summed E-state index contributed by atoms with van der Waals surface area (Å²) in [7, 11) is 0. The second-order valence-electron chi connectivity index (χ2n) is 5.20. The highest BCUT2D eigenvalue weighted by Gasteiger charge is 2.31. The van der Waals surface area contributed by atoms with Crippen LogP contribution in [-0.4, -0.2) is 29.7 Å². The van der Waals surface area contributed by atoms with E-state index in [1.165, 1.54) is 0 Å². The maximum absolute atomic E-state index is 11.8. The van der Waals surface area contributed by atoms with Gasteiger partial charge in [0.2, 0.25) is 5.91 Å². The maximum atomic E-state index is 11.8. The summed E-state index contributed by atoms with van der Waals surface area (Å²) in [5.74, 6) is 0.337. The number of nitrogens with one attached hydrogen (secondary N) is 1. The fraction of sp³-hybridized carbons (Fsp3) is 0.917. The topological polar surface area (TPSA) is 75.4 Å². The first-order valence-corrected chi connectivity index (χ1v) is 6.40. The third kappa shape index (κ3) is 2.55. The predicted octanol–water partition coefficient (Wildman–Crippen LogP) is 0.391. The standard InChI is InChI=1S/C12H22N2O2/c13-10-5-2-4-9(10)12(16)14-7-8-3-1-6-11(8)15/h8-11,15H,1-7,13H2,(H,14,16). The van der Waals surface area contributed by atoms with Crippen LogP contribution >= 0.6 is 0 Å². The first kappa shape index (κ1) is 11.9. The summed E-state index contributed by atoms with van der Waals surface area (Å²) in [6.07, 6.45) is 5.69. The molecule has 0 aromatic heterocycles. The van der Waals surface area contributed by atoms with Crippen molar-refractivity contribution in [2.75, 3.05) is 6.54 Å². The lowest BCUT2D eigenvalue weighted by molar-refractivity contribution is -0.125. The van der Waals surface area contributed by atoms with E-state index in [1.54, 1.807) is 0 Å². The van der Waals surface area contributed by atoms with Crippen LogP contribution in [0.1, 0.15) is 38.5 Å². The zero-order valence-electron chi connectivity index (χ0n) is 9.69. The molecule has 0 aromatic carbocycles. The van der Waals surface area contributed by atoms with Crippen molar-refractivity contribution in [2.45, 2.75) is 50.7 Å². The molecule has 4 N–H and O–H groups in total. The molecule has 0 aromatic rings. The van der Waals surface area contributed by atoms with E-state index < -0.39 is 0 Å². The summed E-state index contributed by atoms with van der Waals surface area (Å²) in [6, 6.07) is 0.0356. The second-order valence-corrected chi connectivity index (χ2v) is 5.20. The van der Waals surface area contributed by atoms with E-state index in [0.29, 0.717) is 6.54 Å². The molecule has 4 heteroatoms. The Morgan fingerprint density at radius 2 is 2.00 bits per heavy atom. The smallest absolute Gasteiger partial charge is 0.224 e. The number of aliphatic hydroxyl groups is 1. The van der Waals surface area contributed by atoms with E-state index in [4.69, 9.17) is 5.73 Å². The van der Waals surface area contributed by atoms with Crippen molar-refractivity contribution in [1.29, 1.82) is 0 Å². The van der Waals surface area contributed by atoms with E-state index in [0.717, 1.165) is 38.5 Å². The molecule has 4 nitrogen and oxygen atoms in total. The number of aliphatic hydroxyl groups excluding tert-OH is 1. The SMILES string of the molecule is NC1CCCC1C(=O)NCC1CCCC1O. The van der Waals surface area contributed by atoms with E-state index in [2.05, 4.69) is 5.32 Å². The number of rotatable bonds is 3. The molecule has 2 rings (SSSR count). The molecule has 0 aliphatic heterocycles. The van der Waals surface area contributed by atoms with Gasteiger partial charge in [-0.3, -0.25) is 4.79 Å². The van der Waals surface area contributed by atoms with E-state index in [9.17, 15) is 9.90 Å². The van der Waals surface area contributed by atoms with Crippen LogP contribution < -0.4 is 11.1 Å². The Hall–Kier alpha value is -0.610. The summed E-state index contributed by atoms with van der Waals surface area (Å²) >= 11 is 0. The van der Waals surface area contributed by atoms with Gasteiger partial charge in [-0.15, -0.1) is 0 Å². The molecule has 2 aliphatic rings. The van der Waals surface area contributed by atoms with Crippen LogP contribution in [0.3, 0.4) is 0 Å². The van der Waals surface area contributed by atoms with Crippen LogP contribution in [0.15, 0.2) is 0 Å². The fourth-order valence-corrected chi connectivity index (χ4v) is 2.93. The third-order valence-corrected chi connectivity index (χ3v) is 4.06. The summed E-state index contributed by atoms with van der Waals surface area (Å²) in [5.41, 5.74) is 5.88. The molecule has 0 bridgehead atoms. The first-order chi connectivity index (χ1) is 7.68. The van der Waals surface area contributed by atoms with Crippen molar-refractivity contribution in [2.24, 2.45) is 17.6 Å². The Bertz CT molecular complexity index is 257. The number of hydrogen-bond acceptors (Lipinski definition) is 3. The molecule has 2 saturated carbocycles. The van der Waals surface area contributed by atoms with Crippen LogP contribution in [0.25, 0.3) is 0 Å². The molecule has 0 radical (unpaired) electrons. The van der Waals surface area contributed by atoms with Gasteiger partial charge in [0.1, 0.15) is 0 Å². The van der Waals surface area contributed by atoms with E-state index in [-0.39, 0.29) is 29.9 Å². The lowest BCUT2D eigenvalue weighted by Crippen LogP contribution is -2.41. The van der Waals surface area contributed by atoms with Gasteiger partial charge in [-0.05, 0) is 25.7 Å². The van der Waals surface area contributed by atoms with Gasteiger partial charge in [-0.2, -0.15) is 0 Å². The van der Waals surface area contributed by atoms with Gasteiger partial charge in [-0.25, -0.2) is 0 Å². The van der Waals surface area contributed by atoms with Crippen LogP contribution in [0, 0.1) is 11.8 Å². The summed E-state index contributed by atoms with van der Waals surface area (Å²) in [5, 5.41) is 12.6. The number of carbonyl (C=O) groups is 1. The number of amides is 1. The zero-order valence-corrected chi connectivity index (χ0v) is 9.69. The lowest BCUT2D eigenvalue weighted by atomic mass is 10.0. The highest BCUT2D eigenvalue weighted by Crippen LogP contribution is 2.26. The molecule has 2 fully saturated rings. The molecule has 92 valence electrons. The predicted molar refractivity (Wildman–Crippen MR) is 61.7 cm³/mol. The van der Waals surface area contributed by atoms with Crippen molar-refractivity contribution in [3.63, 3.8) is 0 Å². The lowest BCUT2D eigenvalue weighted by Gasteiger charge is -2.19. The van der Waals surface area contributed by atoms with Crippen LogP contribution in [-0.2, 0) is 4.79 Å². The van der Waals surface area contributed by atoms with Gasteiger partial charge < -0.3 is 16.2 Å². The van der Waals surface area contributed by atoms with Gasteiger partial charge in [0.15, 0.2) is 0 Å². The van der Waals surface area contributed by atoms with Crippen LogP contribution in [0.2, 0.25) is 0 Å². The third-order valence-electron chi connectivity index (χ3n) is 4.06. The quantitative estimate of drug-likeness (QED) is 0.651. The zero-order chi connectivity index (χ0) is 11.5. The van der Waals surface area contributed by atoms with Crippen molar-refractivity contribution in [3.8, 4) is 0 Å². The highest BCUT2D eigenvalue weighted by atomic mass is 16.3. The van der Waals surface area contributed by atoms with Crippen LogP contribution in [0.4, 0.5) is 0 Å². The minimum Gasteiger partial charge on any atom is -0.393 e. The number of hydrogen-bond donors (Lipinski definition) is 3. The summed E-state index contributed by atoms with van der Waals surface area (Å²) in [4.78, 5) is 11.8. The van der Waals surface area contributed by atoms with Gasteiger partial charge in [-0.1, -0.05) is 12.8 Å². The minimum absolute atomic E-state index is 0.00135. The average Bonchev–Trinajstić information content (AvgIpc) is 2.84. The Kier molecular flexibility index (Phi) is 3.82. The normalized spacial score (nSPS) is 38.9. The minimum atomic E-state index is -0.224. The van der Waals surface area contributed by atoms with Crippen molar-refractivity contribution < 1.29 is 9.90 Å². The number of carbonyl (C=O) groups excluding carboxylic acids is 1. The van der Waals surface area contributed by atoms with Crippen molar-refractivity contribution in [1.82, 2.24) is 5.32 Å². The molecule has 4 unspecified atom stereocenters.